The molecule has 2 bridgehead atoms. The number of hydrogen-bond donors (Lipinski definition) is 1. The molecule has 1 N–H and O–H groups in total. The first kappa shape index (κ1) is 15.4. The zero-order valence-electron chi connectivity index (χ0n) is 15.0. The summed E-state index contributed by atoms with van der Waals surface area (Å²) in [5.74, 6) is 4.82. The van der Waals surface area contributed by atoms with Crippen LogP contribution < -0.4 is 5.32 Å². The van der Waals surface area contributed by atoms with Gasteiger partial charge in [-0.05, 0) is 63.5 Å². The van der Waals surface area contributed by atoms with Gasteiger partial charge < -0.3 is 9.84 Å². The lowest BCUT2D eigenvalue weighted by Crippen LogP contribution is -2.45. The molecule has 0 radical (unpaired) electrons. The van der Waals surface area contributed by atoms with Crippen molar-refractivity contribution >= 4 is 0 Å². The van der Waals surface area contributed by atoms with E-state index in [1.165, 1.54) is 57.7 Å². The molecule has 5 heteroatoms. The van der Waals surface area contributed by atoms with Crippen molar-refractivity contribution in [3.8, 4) is 0 Å². The summed E-state index contributed by atoms with van der Waals surface area (Å²) in [5, 5.41) is 7.67. The molecular weight excluding hydrogens is 300 g/mol. The lowest BCUT2D eigenvalue weighted by atomic mass is 9.94. The molecule has 5 heterocycles. The Kier molecular flexibility index (Phi) is 3.72. The lowest BCUT2D eigenvalue weighted by molar-refractivity contribution is 0.120. The zero-order chi connectivity index (χ0) is 16.3. The summed E-state index contributed by atoms with van der Waals surface area (Å²) in [5.41, 5.74) is 2.38. The van der Waals surface area contributed by atoms with Crippen molar-refractivity contribution in [2.45, 2.75) is 39.3 Å². The van der Waals surface area contributed by atoms with Crippen LogP contribution in [0.2, 0.25) is 0 Å². The van der Waals surface area contributed by atoms with Crippen molar-refractivity contribution in [3.63, 3.8) is 0 Å². The third-order valence-electron chi connectivity index (χ3n) is 7.18. The molecule has 5 fully saturated rings. The lowest BCUT2D eigenvalue weighted by Gasteiger charge is -2.36. The van der Waals surface area contributed by atoms with E-state index in [9.17, 15) is 0 Å². The maximum atomic E-state index is 5.37. The Morgan fingerprint density at radius 1 is 1.12 bits per heavy atom. The molecule has 5 nitrogen and oxygen atoms in total. The Labute approximate surface area is 144 Å². The second kappa shape index (κ2) is 5.82. The minimum absolute atomic E-state index is 0.763. The van der Waals surface area contributed by atoms with Gasteiger partial charge in [0.15, 0.2) is 0 Å². The number of nitrogens with one attached hydrogen (secondary N) is 1. The number of nitrogens with zero attached hydrogens (tertiary/aromatic N) is 3. The minimum atomic E-state index is 0.763. The Bertz CT molecular complexity index is 585. The Morgan fingerprint density at radius 3 is 2.71 bits per heavy atom. The molecular formula is C19H30N4O. The average molecular weight is 330 g/mol. The van der Waals surface area contributed by atoms with E-state index >= 15 is 0 Å². The van der Waals surface area contributed by atoms with Gasteiger partial charge in [-0.15, -0.1) is 0 Å². The van der Waals surface area contributed by atoms with Crippen LogP contribution in [-0.2, 0) is 6.54 Å². The Hall–Kier alpha value is -0.910. The number of aromatic nitrogens is 1. The number of aryl methyl sites for hydroxylation is 2. The van der Waals surface area contributed by atoms with E-state index in [1.54, 1.807) is 0 Å². The van der Waals surface area contributed by atoms with Crippen LogP contribution in [0.4, 0.5) is 0 Å². The second-order valence-electron chi connectivity index (χ2n) is 8.70. The van der Waals surface area contributed by atoms with Gasteiger partial charge in [0.05, 0.1) is 5.69 Å². The highest BCUT2D eigenvalue weighted by Crippen LogP contribution is 2.49. The van der Waals surface area contributed by atoms with E-state index in [1.807, 2.05) is 6.92 Å². The van der Waals surface area contributed by atoms with Crippen LogP contribution in [0, 0.1) is 37.5 Å². The monoisotopic (exact) mass is 330 g/mol. The number of rotatable bonds is 4. The van der Waals surface area contributed by atoms with Crippen LogP contribution in [-0.4, -0.2) is 60.3 Å². The standard InChI is InChI=1S/C19H30N4O/c1-12-18(13(2)24-21-12)10-22-7-14-3-4-15(9-22)23(8-14)11-19-16-5-20-6-17(16)19/h14-17,19-20H,3-11H2,1-2H3/t14-,15+,16-,17+,19?/m0/s1. The SMILES string of the molecule is Cc1noc(C)c1CN1C[C@@H]2CC[C@H](C1)N(CC1[C@H]3CNC[C@@H]13)C2. The molecule has 1 unspecified atom stereocenters. The fourth-order valence-corrected chi connectivity index (χ4v) is 5.67. The van der Waals surface area contributed by atoms with Gasteiger partial charge in [-0.2, -0.15) is 0 Å². The van der Waals surface area contributed by atoms with Crippen LogP contribution in [0.3, 0.4) is 0 Å². The number of hydrogen-bond acceptors (Lipinski definition) is 5. The second-order valence-corrected chi connectivity index (χ2v) is 8.70. The Morgan fingerprint density at radius 2 is 1.96 bits per heavy atom. The predicted molar refractivity (Wildman–Crippen MR) is 92.7 cm³/mol. The van der Waals surface area contributed by atoms with E-state index in [0.717, 1.165) is 47.7 Å². The molecule has 5 aliphatic rings. The first-order chi connectivity index (χ1) is 11.7. The van der Waals surface area contributed by atoms with Gasteiger partial charge in [-0.3, -0.25) is 9.80 Å². The summed E-state index contributed by atoms with van der Waals surface area (Å²) >= 11 is 0. The maximum absolute atomic E-state index is 5.37. The van der Waals surface area contributed by atoms with Gasteiger partial charge >= 0.3 is 0 Å². The van der Waals surface area contributed by atoms with Gasteiger partial charge in [0.2, 0.25) is 0 Å². The average Bonchev–Trinajstić information content (AvgIpc) is 2.95. The van der Waals surface area contributed by atoms with Crippen LogP contribution in [0.25, 0.3) is 0 Å². The molecule has 1 aromatic rings. The topological polar surface area (TPSA) is 44.5 Å². The van der Waals surface area contributed by atoms with E-state index < -0.39 is 0 Å². The Balaban J connectivity index is 1.25. The van der Waals surface area contributed by atoms with E-state index in [0.29, 0.717) is 0 Å². The van der Waals surface area contributed by atoms with Crippen molar-refractivity contribution in [1.29, 1.82) is 0 Å². The number of piperidine rings is 2. The van der Waals surface area contributed by atoms with Gasteiger partial charge in [-0.25, -0.2) is 0 Å². The first-order valence-electron chi connectivity index (χ1n) is 9.78. The van der Waals surface area contributed by atoms with Crippen LogP contribution >= 0.6 is 0 Å². The molecule has 6 rings (SSSR count). The smallest absolute Gasteiger partial charge is 0.138 e. The largest absolute Gasteiger partial charge is 0.361 e. The van der Waals surface area contributed by atoms with Crippen molar-refractivity contribution in [2.75, 3.05) is 39.3 Å². The molecule has 0 amide bonds. The molecule has 24 heavy (non-hydrogen) atoms. The van der Waals surface area contributed by atoms with E-state index in [2.05, 4.69) is 27.2 Å². The van der Waals surface area contributed by atoms with Crippen molar-refractivity contribution < 1.29 is 4.52 Å². The van der Waals surface area contributed by atoms with Gasteiger partial charge in [0.1, 0.15) is 5.76 Å². The molecule has 0 spiro atoms. The maximum Gasteiger partial charge on any atom is 0.138 e. The molecule has 0 aromatic carbocycles. The predicted octanol–water partition coefficient (Wildman–Crippen LogP) is 1.65. The molecule has 4 aliphatic heterocycles. The highest BCUT2D eigenvalue weighted by Gasteiger charge is 2.53. The fourth-order valence-electron chi connectivity index (χ4n) is 5.67. The highest BCUT2D eigenvalue weighted by atomic mass is 16.5. The van der Waals surface area contributed by atoms with Crippen molar-refractivity contribution in [1.82, 2.24) is 20.3 Å². The molecule has 1 saturated carbocycles. The van der Waals surface area contributed by atoms with E-state index in [4.69, 9.17) is 4.52 Å². The zero-order valence-corrected chi connectivity index (χ0v) is 15.0. The number of fused-ring (bicyclic) bond motifs is 5. The molecule has 132 valence electrons. The summed E-state index contributed by atoms with van der Waals surface area (Å²) in [6, 6.07) is 0.763. The normalized spacial score (nSPS) is 39.2. The first-order valence-corrected chi connectivity index (χ1v) is 9.78. The molecule has 5 atom stereocenters. The summed E-state index contributed by atoms with van der Waals surface area (Å²) in [7, 11) is 0. The van der Waals surface area contributed by atoms with Crippen molar-refractivity contribution in [2.24, 2.45) is 23.7 Å². The van der Waals surface area contributed by atoms with Crippen LogP contribution in [0.1, 0.15) is 29.9 Å². The molecule has 1 aliphatic carbocycles. The van der Waals surface area contributed by atoms with Crippen molar-refractivity contribution in [3.05, 3.63) is 17.0 Å². The quantitative estimate of drug-likeness (QED) is 0.909. The van der Waals surface area contributed by atoms with Crippen LogP contribution in [0.15, 0.2) is 4.52 Å². The van der Waals surface area contributed by atoms with Gasteiger partial charge in [0.25, 0.3) is 0 Å². The summed E-state index contributed by atoms with van der Waals surface area (Å²) < 4.78 is 5.37. The summed E-state index contributed by atoms with van der Waals surface area (Å²) in [6.45, 7) is 12.8. The fraction of sp³-hybridized carbons (Fsp3) is 0.842. The third-order valence-corrected chi connectivity index (χ3v) is 7.18. The molecule has 4 saturated heterocycles. The third kappa shape index (κ3) is 2.61. The van der Waals surface area contributed by atoms with Gasteiger partial charge in [0, 0.05) is 44.3 Å². The summed E-state index contributed by atoms with van der Waals surface area (Å²) in [4.78, 5) is 5.52. The van der Waals surface area contributed by atoms with E-state index in [-0.39, 0.29) is 0 Å². The minimum Gasteiger partial charge on any atom is -0.361 e. The van der Waals surface area contributed by atoms with Crippen LogP contribution in [0.5, 0.6) is 0 Å². The molecule has 1 aromatic heterocycles. The summed E-state index contributed by atoms with van der Waals surface area (Å²) in [6.07, 6.45) is 2.81. The highest BCUT2D eigenvalue weighted by molar-refractivity contribution is 5.20. The van der Waals surface area contributed by atoms with Gasteiger partial charge in [-0.1, -0.05) is 5.16 Å².